The molecular weight excluding hydrogens is 340 g/mol. The van der Waals surface area contributed by atoms with Gasteiger partial charge in [0.15, 0.2) is 0 Å². The first-order chi connectivity index (χ1) is 13.1. The third kappa shape index (κ3) is 5.79. The molecule has 1 unspecified atom stereocenters. The van der Waals surface area contributed by atoms with E-state index in [1.54, 1.807) is 12.4 Å². The molecule has 1 aromatic heterocycles. The zero-order chi connectivity index (χ0) is 19.1. The Labute approximate surface area is 161 Å². The number of carbonyl (C=O) groups is 1. The lowest BCUT2D eigenvalue weighted by atomic mass is 10.1. The number of pyridine rings is 1. The van der Waals surface area contributed by atoms with Gasteiger partial charge in [-0.15, -0.1) is 0 Å². The van der Waals surface area contributed by atoms with Gasteiger partial charge in [-0.05, 0) is 54.2 Å². The minimum absolute atomic E-state index is 0.0597. The Morgan fingerprint density at radius 1 is 1.15 bits per heavy atom. The predicted molar refractivity (Wildman–Crippen MR) is 104 cm³/mol. The normalized spacial score (nSPS) is 16.5. The fourth-order valence-electron chi connectivity index (χ4n) is 3.07. The van der Waals surface area contributed by atoms with E-state index in [0.29, 0.717) is 32.2 Å². The van der Waals surface area contributed by atoms with E-state index in [9.17, 15) is 4.79 Å². The van der Waals surface area contributed by atoms with Crippen LogP contribution >= 0.6 is 0 Å². The summed E-state index contributed by atoms with van der Waals surface area (Å²) < 4.78 is 11.4. The van der Waals surface area contributed by atoms with Crippen LogP contribution in [-0.4, -0.2) is 35.1 Å². The van der Waals surface area contributed by atoms with Gasteiger partial charge in [0, 0.05) is 32.1 Å². The van der Waals surface area contributed by atoms with Crippen molar-refractivity contribution in [2.24, 2.45) is 5.92 Å². The Bertz CT molecular complexity index is 710. The number of rotatable bonds is 8. The van der Waals surface area contributed by atoms with Gasteiger partial charge in [-0.25, -0.2) is 0 Å². The molecule has 1 aliphatic heterocycles. The highest BCUT2D eigenvalue weighted by atomic mass is 16.5. The molecule has 0 N–H and O–H groups in total. The number of carbonyl (C=O) groups excluding carboxylic acids is 1. The highest BCUT2D eigenvalue weighted by molar-refractivity contribution is 5.81. The average molecular weight is 368 g/mol. The maximum Gasteiger partial charge on any atom is 0.252 e. The van der Waals surface area contributed by atoms with Crippen LogP contribution in [0.3, 0.4) is 0 Å². The van der Waals surface area contributed by atoms with E-state index in [1.807, 2.05) is 41.3 Å². The van der Waals surface area contributed by atoms with Gasteiger partial charge in [0.25, 0.3) is 5.91 Å². The van der Waals surface area contributed by atoms with Crippen molar-refractivity contribution in [3.63, 3.8) is 0 Å². The summed E-state index contributed by atoms with van der Waals surface area (Å²) in [5, 5.41) is 0. The molecule has 144 valence electrons. The summed E-state index contributed by atoms with van der Waals surface area (Å²) in [7, 11) is 0. The Hall–Kier alpha value is -2.40. The number of aromatic nitrogens is 1. The molecule has 1 aromatic carbocycles. The van der Waals surface area contributed by atoms with Gasteiger partial charge in [-0.1, -0.05) is 26.0 Å². The van der Waals surface area contributed by atoms with E-state index >= 15 is 0 Å². The Balaban J connectivity index is 1.69. The first-order valence-electron chi connectivity index (χ1n) is 9.63. The maximum atomic E-state index is 13.0. The quantitative estimate of drug-likeness (QED) is 0.711. The summed E-state index contributed by atoms with van der Waals surface area (Å²) in [5.74, 6) is 1.41. The van der Waals surface area contributed by atoms with Crippen LogP contribution in [0.4, 0.5) is 0 Å². The molecule has 2 aromatic rings. The Morgan fingerprint density at radius 3 is 2.41 bits per heavy atom. The smallest absolute Gasteiger partial charge is 0.252 e. The Kier molecular flexibility index (Phi) is 6.82. The molecule has 0 radical (unpaired) electrons. The van der Waals surface area contributed by atoms with Gasteiger partial charge in [0.2, 0.25) is 0 Å². The zero-order valence-electron chi connectivity index (χ0n) is 16.1. The molecule has 1 aliphatic rings. The lowest BCUT2D eigenvalue weighted by Gasteiger charge is -2.25. The van der Waals surface area contributed by atoms with Crippen molar-refractivity contribution in [3.8, 4) is 5.75 Å². The summed E-state index contributed by atoms with van der Waals surface area (Å²) in [6, 6.07) is 11.9. The molecule has 0 bridgehead atoms. The lowest BCUT2D eigenvalue weighted by Crippen LogP contribution is -2.38. The molecule has 0 saturated carbocycles. The predicted octanol–water partition coefficient (Wildman–Crippen LogP) is 3.82. The first kappa shape index (κ1) is 19.4. The highest BCUT2D eigenvalue weighted by Crippen LogP contribution is 2.20. The second-order valence-electron chi connectivity index (χ2n) is 7.40. The third-order valence-electron chi connectivity index (χ3n) is 4.52. The second kappa shape index (κ2) is 9.51. The number of benzene rings is 1. The minimum atomic E-state index is -0.319. The second-order valence-corrected chi connectivity index (χ2v) is 7.40. The molecule has 5 nitrogen and oxygen atoms in total. The van der Waals surface area contributed by atoms with Crippen LogP contribution in [0.1, 0.15) is 37.8 Å². The number of ether oxygens (including phenoxy) is 2. The van der Waals surface area contributed by atoms with Gasteiger partial charge in [0.05, 0.1) is 6.61 Å². The van der Waals surface area contributed by atoms with E-state index in [2.05, 4.69) is 18.8 Å². The van der Waals surface area contributed by atoms with E-state index in [0.717, 1.165) is 29.7 Å². The van der Waals surface area contributed by atoms with Crippen LogP contribution in [0.2, 0.25) is 0 Å². The van der Waals surface area contributed by atoms with Gasteiger partial charge in [-0.2, -0.15) is 0 Å². The van der Waals surface area contributed by atoms with Crippen LogP contribution in [-0.2, 0) is 22.6 Å². The highest BCUT2D eigenvalue weighted by Gasteiger charge is 2.28. The molecular formula is C22H28N2O3. The molecule has 3 rings (SSSR count). The van der Waals surface area contributed by atoms with Crippen molar-refractivity contribution in [1.29, 1.82) is 0 Å². The number of nitrogens with zero attached hydrogens (tertiary/aromatic N) is 2. The largest absolute Gasteiger partial charge is 0.493 e. The van der Waals surface area contributed by atoms with E-state index < -0.39 is 0 Å². The molecule has 27 heavy (non-hydrogen) atoms. The zero-order valence-corrected chi connectivity index (χ0v) is 16.1. The van der Waals surface area contributed by atoms with E-state index in [-0.39, 0.29) is 12.0 Å². The van der Waals surface area contributed by atoms with Crippen molar-refractivity contribution < 1.29 is 14.3 Å². The first-order valence-corrected chi connectivity index (χ1v) is 9.63. The monoisotopic (exact) mass is 368 g/mol. The lowest BCUT2D eigenvalue weighted by molar-refractivity contribution is -0.142. The van der Waals surface area contributed by atoms with Gasteiger partial charge < -0.3 is 14.4 Å². The van der Waals surface area contributed by atoms with Crippen molar-refractivity contribution in [3.05, 3.63) is 59.9 Å². The molecule has 2 heterocycles. The van der Waals surface area contributed by atoms with Crippen LogP contribution in [0, 0.1) is 5.92 Å². The van der Waals surface area contributed by atoms with Gasteiger partial charge in [0.1, 0.15) is 11.9 Å². The third-order valence-corrected chi connectivity index (χ3v) is 4.52. The van der Waals surface area contributed by atoms with Gasteiger partial charge >= 0.3 is 0 Å². The SMILES string of the molecule is CC(C)COc1ccc(CN(Cc2ccncc2)C(=O)C2CCCO2)cc1. The molecule has 1 amide bonds. The Morgan fingerprint density at radius 2 is 1.81 bits per heavy atom. The summed E-state index contributed by atoms with van der Waals surface area (Å²) in [6.07, 6.45) is 4.94. The van der Waals surface area contributed by atoms with E-state index in [1.165, 1.54) is 0 Å². The topological polar surface area (TPSA) is 51.7 Å². The fourth-order valence-corrected chi connectivity index (χ4v) is 3.07. The van der Waals surface area contributed by atoms with E-state index in [4.69, 9.17) is 9.47 Å². The number of hydrogen-bond donors (Lipinski definition) is 0. The number of hydrogen-bond acceptors (Lipinski definition) is 4. The molecule has 5 heteroatoms. The van der Waals surface area contributed by atoms with Crippen molar-refractivity contribution in [1.82, 2.24) is 9.88 Å². The number of amides is 1. The molecule has 0 aliphatic carbocycles. The van der Waals surface area contributed by atoms with Crippen molar-refractivity contribution in [2.45, 2.75) is 45.9 Å². The summed E-state index contributed by atoms with van der Waals surface area (Å²) in [5.41, 5.74) is 2.14. The summed E-state index contributed by atoms with van der Waals surface area (Å²) in [4.78, 5) is 18.9. The maximum absolute atomic E-state index is 13.0. The molecule has 1 saturated heterocycles. The van der Waals surface area contributed by atoms with Gasteiger partial charge in [-0.3, -0.25) is 9.78 Å². The van der Waals surface area contributed by atoms with Crippen LogP contribution < -0.4 is 4.74 Å². The summed E-state index contributed by atoms with van der Waals surface area (Å²) in [6.45, 7) is 6.72. The molecule has 0 spiro atoms. The van der Waals surface area contributed by atoms with Crippen molar-refractivity contribution in [2.75, 3.05) is 13.2 Å². The fraction of sp³-hybridized carbons (Fsp3) is 0.455. The van der Waals surface area contributed by atoms with Crippen LogP contribution in [0.25, 0.3) is 0 Å². The molecule has 1 atom stereocenters. The van der Waals surface area contributed by atoms with Crippen molar-refractivity contribution >= 4 is 5.91 Å². The van der Waals surface area contributed by atoms with Crippen LogP contribution in [0.15, 0.2) is 48.8 Å². The standard InChI is InChI=1S/C22H28N2O3/c1-17(2)16-27-20-7-5-18(6-8-20)14-24(15-19-9-11-23-12-10-19)22(25)21-4-3-13-26-21/h5-12,17,21H,3-4,13-16H2,1-2H3. The van der Waals surface area contributed by atoms with Crippen LogP contribution in [0.5, 0.6) is 5.75 Å². The minimum Gasteiger partial charge on any atom is -0.493 e. The summed E-state index contributed by atoms with van der Waals surface area (Å²) >= 11 is 0. The average Bonchev–Trinajstić information content (AvgIpc) is 3.22. The molecule has 1 fully saturated rings.